The second kappa shape index (κ2) is 46.4. The summed E-state index contributed by atoms with van der Waals surface area (Å²) in [5.74, 6) is 7.08. The number of nitrogens with zero attached hydrogens (tertiary/aromatic N) is 13. The van der Waals surface area contributed by atoms with Gasteiger partial charge in [0.05, 0.1) is 11.4 Å². The van der Waals surface area contributed by atoms with Gasteiger partial charge in [-0.05, 0) is 144 Å². The minimum atomic E-state index is -1.11. The molecule has 12 rings (SSSR count). The normalized spacial score (nSPS) is 13.7. The molecule has 26 heteroatoms. The van der Waals surface area contributed by atoms with E-state index in [9.17, 15) is 0 Å². The molecule has 3 aliphatic heterocycles. The number of imidazole rings is 3. The van der Waals surface area contributed by atoms with E-state index in [0.29, 0.717) is 42.0 Å². The van der Waals surface area contributed by atoms with Gasteiger partial charge in [0.15, 0.2) is 0 Å². The topological polar surface area (TPSA) is 252 Å². The molecule has 23 nitrogen and oxygen atoms in total. The summed E-state index contributed by atoms with van der Waals surface area (Å²) >= 11 is 3.43. The fourth-order valence-electron chi connectivity index (χ4n) is 12.8. The molecule has 0 atom stereocenters. The van der Waals surface area contributed by atoms with Gasteiger partial charge in [-0.15, -0.1) is 0 Å². The van der Waals surface area contributed by atoms with Crippen LogP contribution in [0.2, 0.25) is 51.4 Å². The molecule has 115 heavy (non-hydrogen) atoms. The van der Waals surface area contributed by atoms with Gasteiger partial charge in [-0.2, -0.15) is 28.8 Å². The number of nitrogens with one attached hydrogen (secondary N) is 2. The van der Waals surface area contributed by atoms with Crippen molar-refractivity contribution in [2.75, 3.05) is 116 Å². The minimum absolute atomic E-state index is 0.250. The molecule has 0 amide bonds. The monoisotopic (exact) mass is 1670 g/mol. The molecule has 0 saturated carbocycles. The molecule has 6 aromatic heterocycles. The summed E-state index contributed by atoms with van der Waals surface area (Å²) in [4.78, 5) is 92.7. The Labute approximate surface area is 694 Å². The number of benzene rings is 3. The van der Waals surface area contributed by atoms with Crippen molar-refractivity contribution in [1.29, 1.82) is 0 Å². The van der Waals surface area contributed by atoms with Gasteiger partial charge in [-0.3, -0.25) is 0 Å². The Morgan fingerprint density at radius 1 is 0.443 bits per heavy atom. The third-order valence-electron chi connectivity index (χ3n) is 19.2. The fourth-order valence-corrected chi connectivity index (χ4v) is 14.5. The SMILES string of the molecule is CC(C)(C)Cc1ccc(Br)cc1.CC(C)c1cn(COCC[Si](C)(C)C)c(-c2ccc(N3CCN(c4ccc(CC(C)(C)C)cc4)CC3)nc2)n1.CC(C)c1cn(COCC[Si](C)(C)C)c(-c2ccc(N3CCNCC3)nc2)n1.Cc1ccc(N2CCN(c3ccc(-c4ncc(C(C)C)[nH]4)cn3)CC2)cc1.O=C=O.O=C=O.O=C=O. The molecular formula is C89H126BrN15O8Si2. The summed E-state index contributed by atoms with van der Waals surface area (Å²) in [6.45, 7) is 57.8. The van der Waals surface area contributed by atoms with E-state index >= 15 is 0 Å². The molecule has 620 valence electrons. The fraction of sp³-hybridized carbons (Fsp3) is 0.494. The average molecular weight is 1670 g/mol. The summed E-state index contributed by atoms with van der Waals surface area (Å²) in [5.41, 5.74) is 13.9. The number of H-pyrrole nitrogens is 1. The van der Waals surface area contributed by atoms with Crippen LogP contribution in [-0.4, -0.2) is 170 Å². The molecule has 0 unspecified atom stereocenters. The van der Waals surface area contributed by atoms with Crippen molar-refractivity contribution in [2.24, 2.45) is 10.8 Å². The van der Waals surface area contributed by atoms with Crippen LogP contribution in [0.1, 0.15) is 135 Å². The standard InChI is InChI=1S/C32H49N5OSi.C22H27N5.C21H35N5OSi.C11H15Br.3CO2/c1-25(2)29-23-37(24-38-19-20-39(6,7)8)31(34-29)27-11-14-30(33-22-27)36-17-15-35(16-18-36)28-12-9-26(10-13-28)21-32(3,4)5;1-16(2)20-15-24-22(25-20)18-6-9-21(23-14-18)27-12-10-26(11-13-27)19-7-4-17(3)5-8-19;1-17(2)19-15-26(16-27-12-13-28(3,4)5)21(24-19)18-6-7-20(23-14-18)25-10-8-22-9-11-25;1-11(2,3)8-9-4-6-10(12)7-5-9;3*2-1-3/h9-14,22-23,25H,15-21,24H2,1-8H3;4-9,14-16H,10-13H2,1-3H3,(H,24,25);6-7,14-15,17,22H,8-13,16H2,1-5H3;4-7H,8H2,1-3H3;;;. The highest BCUT2D eigenvalue weighted by molar-refractivity contribution is 9.10. The maximum absolute atomic E-state index is 8.12. The predicted octanol–water partition coefficient (Wildman–Crippen LogP) is 17.6. The largest absolute Gasteiger partial charge is 0.373 e. The number of piperazine rings is 3. The van der Waals surface area contributed by atoms with Crippen LogP contribution in [-0.2, 0) is 64.5 Å². The van der Waals surface area contributed by atoms with Crippen LogP contribution in [0.3, 0.4) is 0 Å². The second-order valence-corrected chi connectivity index (χ2v) is 47.2. The van der Waals surface area contributed by atoms with Crippen molar-refractivity contribution in [3.8, 4) is 34.2 Å². The number of carbonyl (C=O) groups excluding carboxylic acids is 6. The predicted molar refractivity (Wildman–Crippen MR) is 470 cm³/mol. The molecule has 0 aliphatic carbocycles. The van der Waals surface area contributed by atoms with E-state index in [-0.39, 0.29) is 18.5 Å². The first-order chi connectivity index (χ1) is 54.5. The van der Waals surface area contributed by atoms with Crippen molar-refractivity contribution in [3.05, 3.63) is 185 Å². The molecule has 0 radical (unpaired) electrons. The molecule has 2 N–H and O–H groups in total. The lowest BCUT2D eigenvalue weighted by Gasteiger charge is -2.37. The number of halogens is 1. The summed E-state index contributed by atoms with van der Waals surface area (Å²) in [7, 11) is -2.19. The van der Waals surface area contributed by atoms with E-state index in [0.717, 1.165) is 178 Å². The average Bonchev–Trinajstić information content (AvgIpc) is 1.73. The van der Waals surface area contributed by atoms with Crippen molar-refractivity contribution in [2.45, 2.75) is 185 Å². The van der Waals surface area contributed by atoms with Gasteiger partial charge in [0.1, 0.15) is 48.4 Å². The van der Waals surface area contributed by atoms with Crippen LogP contribution in [0.5, 0.6) is 0 Å². The molecule has 3 fully saturated rings. The summed E-state index contributed by atoms with van der Waals surface area (Å²) < 4.78 is 17.5. The number of aromatic amines is 1. The third-order valence-corrected chi connectivity index (χ3v) is 23.1. The first kappa shape index (κ1) is 94.5. The smallest absolute Gasteiger partial charge is 0.368 e. The molecule has 3 saturated heterocycles. The molecule has 9 aromatic rings. The number of ether oxygens (including phenoxy) is 2. The van der Waals surface area contributed by atoms with Crippen molar-refractivity contribution >= 4 is 79.4 Å². The zero-order valence-corrected chi connectivity index (χ0v) is 75.3. The maximum atomic E-state index is 8.12. The number of aromatic nitrogens is 9. The first-order valence-corrected chi connectivity index (χ1v) is 48.3. The number of hydrogen-bond acceptors (Lipinski definition) is 20. The summed E-state index contributed by atoms with van der Waals surface area (Å²) in [5, 5.41) is 3.38. The van der Waals surface area contributed by atoms with Crippen LogP contribution in [0.25, 0.3) is 34.2 Å². The van der Waals surface area contributed by atoms with Crippen LogP contribution in [0.4, 0.5) is 28.8 Å². The molecule has 0 bridgehead atoms. The Morgan fingerprint density at radius 2 is 0.791 bits per heavy atom. The van der Waals surface area contributed by atoms with Gasteiger partial charge >= 0.3 is 18.5 Å². The van der Waals surface area contributed by atoms with Crippen LogP contribution < -0.4 is 29.8 Å². The zero-order chi connectivity index (χ0) is 84.5. The lowest BCUT2D eigenvalue weighted by molar-refractivity contribution is -0.193. The second-order valence-electron chi connectivity index (χ2n) is 35.0. The van der Waals surface area contributed by atoms with Crippen molar-refractivity contribution in [1.82, 2.24) is 49.3 Å². The number of hydrogen-bond donors (Lipinski definition) is 2. The lowest BCUT2D eigenvalue weighted by atomic mass is 9.88. The number of rotatable bonds is 23. The quantitative estimate of drug-likeness (QED) is 0.0446. The van der Waals surface area contributed by atoms with E-state index in [4.69, 9.17) is 58.2 Å². The van der Waals surface area contributed by atoms with Gasteiger partial charge in [-0.25, -0.2) is 29.9 Å². The third kappa shape index (κ3) is 33.4. The van der Waals surface area contributed by atoms with Gasteiger partial charge < -0.3 is 53.4 Å². The highest BCUT2D eigenvalue weighted by Gasteiger charge is 2.24. The Bertz CT molecular complexity index is 4360. The van der Waals surface area contributed by atoms with Crippen LogP contribution in [0, 0.1) is 17.8 Å². The molecule has 0 spiro atoms. The van der Waals surface area contributed by atoms with E-state index < -0.39 is 16.1 Å². The molecule has 3 aromatic carbocycles. The Morgan fingerprint density at radius 3 is 1.12 bits per heavy atom. The van der Waals surface area contributed by atoms with Gasteiger partial charge in [-0.1, -0.05) is 180 Å². The van der Waals surface area contributed by atoms with Gasteiger partial charge in [0.25, 0.3) is 0 Å². The van der Waals surface area contributed by atoms with Crippen LogP contribution >= 0.6 is 15.9 Å². The highest BCUT2D eigenvalue weighted by atomic mass is 79.9. The zero-order valence-electron chi connectivity index (χ0n) is 71.7. The van der Waals surface area contributed by atoms with E-state index in [2.05, 4.69) is 321 Å². The number of aryl methyl sites for hydroxylation is 1. The maximum Gasteiger partial charge on any atom is 0.373 e. The van der Waals surface area contributed by atoms with Crippen molar-refractivity contribution in [3.63, 3.8) is 0 Å². The van der Waals surface area contributed by atoms with E-state index in [1.807, 2.05) is 24.8 Å². The minimum Gasteiger partial charge on any atom is -0.368 e. The number of anilines is 5. The molecular weight excluding hydrogens is 1540 g/mol. The highest BCUT2D eigenvalue weighted by Crippen LogP contribution is 2.31. The summed E-state index contributed by atoms with van der Waals surface area (Å²) in [6.07, 6.45) is 15.0. The lowest BCUT2D eigenvalue weighted by Crippen LogP contribution is -2.46. The van der Waals surface area contributed by atoms with Gasteiger partial charge in [0, 0.05) is 183 Å². The Kier molecular flexibility index (Phi) is 38.2. The van der Waals surface area contributed by atoms with Crippen LogP contribution in [0.15, 0.2) is 151 Å². The van der Waals surface area contributed by atoms with E-state index in [1.165, 1.54) is 40.2 Å². The Balaban J connectivity index is 0.000000241. The summed E-state index contributed by atoms with van der Waals surface area (Å²) in [6, 6.07) is 41.6. The number of pyridine rings is 3. The molecule has 9 heterocycles. The Hall–Kier alpha value is -9.33. The van der Waals surface area contributed by atoms with Crippen molar-refractivity contribution < 1.29 is 38.2 Å². The van der Waals surface area contributed by atoms with Gasteiger partial charge in [0.2, 0.25) is 0 Å². The molecule has 3 aliphatic rings. The van der Waals surface area contributed by atoms with E-state index in [1.54, 1.807) is 0 Å². The first-order valence-electron chi connectivity index (χ1n) is 40.1.